The highest BCUT2D eigenvalue weighted by atomic mass is 16.2. The monoisotopic (exact) mass is 296 g/mol. The van der Waals surface area contributed by atoms with Gasteiger partial charge in [0, 0.05) is 12.5 Å². The van der Waals surface area contributed by atoms with E-state index >= 15 is 0 Å². The number of carbonyl (C=O) groups is 3. The van der Waals surface area contributed by atoms with Gasteiger partial charge in [-0.05, 0) is 17.7 Å². The van der Waals surface area contributed by atoms with Crippen LogP contribution in [-0.2, 0) is 16.0 Å². The lowest BCUT2D eigenvalue weighted by molar-refractivity contribution is -0.146. The molecule has 1 N–H and O–H groups in total. The molecule has 0 aromatic heterocycles. The van der Waals surface area contributed by atoms with Gasteiger partial charge in [0.15, 0.2) is 0 Å². The Morgan fingerprint density at radius 2 is 1.45 bits per heavy atom. The van der Waals surface area contributed by atoms with E-state index in [1.807, 2.05) is 18.2 Å². The van der Waals surface area contributed by atoms with E-state index in [2.05, 4.69) is 5.43 Å². The minimum atomic E-state index is -0.537. The Bertz CT molecular complexity index is 669. The fraction of sp³-hybridized carbons (Fsp3) is 0.118. The number of hydrazine groups is 1. The summed E-state index contributed by atoms with van der Waals surface area (Å²) >= 11 is 0. The van der Waals surface area contributed by atoms with Crippen molar-refractivity contribution in [3.8, 4) is 0 Å². The van der Waals surface area contributed by atoms with E-state index in [4.69, 9.17) is 0 Å². The van der Waals surface area contributed by atoms with Crippen LogP contribution in [0.25, 0.3) is 0 Å². The molecule has 0 aliphatic rings. The van der Waals surface area contributed by atoms with E-state index in [-0.39, 0.29) is 6.42 Å². The van der Waals surface area contributed by atoms with Crippen LogP contribution in [0.2, 0.25) is 0 Å². The summed E-state index contributed by atoms with van der Waals surface area (Å²) in [5.41, 5.74) is 3.50. The Labute approximate surface area is 128 Å². The van der Waals surface area contributed by atoms with Crippen LogP contribution in [0.1, 0.15) is 22.8 Å². The lowest BCUT2D eigenvalue weighted by Gasteiger charge is -2.20. The number of imide groups is 1. The van der Waals surface area contributed by atoms with Crippen LogP contribution in [0.4, 0.5) is 0 Å². The number of hydrogen-bond donors (Lipinski definition) is 1. The summed E-state index contributed by atoms with van der Waals surface area (Å²) in [4.78, 5) is 35.9. The van der Waals surface area contributed by atoms with E-state index < -0.39 is 17.7 Å². The smallest absolute Gasteiger partial charge is 0.270 e. The molecule has 2 rings (SSSR count). The summed E-state index contributed by atoms with van der Waals surface area (Å²) in [5, 5.41) is 0.752. The second-order valence-electron chi connectivity index (χ2n) is 4.72. The van der Waals surface area contributed by atoms with Gasteiger partial charge in [-0.2, -0.15) is 5.01 Å². The molecule has 2 aromatic carbocycles. The first-order chi connectivity index (χ1) is 10.6. The van der Waals surface area contributed by atoms with Gasteiger partial charge in [0.2, 0.25) is 5.91 Å². The molecule has 0 bridgehead atoms. The molecule has 0 saturated carbocycles. The van der Waals surface area contributed by atoms with Crippen molar-refractivity contribution in [3.05, 3.63) is 71.8 Å². The fourth-order valence-corrected chi connectivity index (χ4v) is 1.92. The molecule has 0 radical (unpaired) electrons. The molecule has 2 aromatic rings. The van der Waals surface area contributed by atoms with Gasteiger partial charge in [-0.1, -0.05) is 48.5 Å². The lowest BCUT2D eigenvalue weighted by Crippen LogP contribution is -2.49. The second-order valence-corrected chi connectivity index (χ2v) is 4.72. The van der Waals surface area contributed by atoms with Crippen LogP contribution in [-0.4, -0.2) is 22.7 Å². The molecule has 0 heterocycles. The number of nitrogens with one attached hydrogen (secondary N) is 1. The van der Waals surface area contributed by atoms with Crippen LogP contribution < -0.4 is 5.43 Å². The highest BCUT2D eigenvalue weighted by Crippen LogP contribution is 2.04. The maximum Gasteiger partial charge on any atom is 0.270 e. The van der Waals surface area contributed by atoms with Gasteiger partial charge < -0.3 is 0 Å². The summed E-state index contributed by atoms with van der Waals surface area (Å²) in [6.45, 7) is 1.23. The van der Waals surface area contributed by atoms with Crippen LogP contribution in [0.15, 0.2) is 60.7 Å². The van der Waals surface area contributed by atoms with Crippen LogP contribution in [0.3, 0.4) is 0 Å². The molecular formula is C17H16N2O3. The van der Waals surface area contributed by atoms with E-state index in [0.717, 1.165) is 10.6 Å². The van der Waals surface area contributed by atoms with Gasteiger partial charge >= 0.3 is 0 Å². The molecule has 0 unspecified atom stereocenters. The quantitative estimate of drug-likeness (QED) is 0.880. The minimum absolute atomic E-state index is 0.0372. The van der Waals surface area contributed by atoms with E-state index in [1.165, 1.54) is 6.92 Å². The standard InChI is InChI=1S/C17H16N2O3/c1-13(20)19(16(21)12-14-8-4-2-5-9-14)18-17(22)15-10-6-3-7-11-15/h2-11H,12H2,1H3,(H,18,22). The molecule has 22 heavy (non-hydrogen) atoms. The van der Waals surface area contributed by atoms with E-state index in [1.54, 1.807) is 42.5 Å². The van der Waals surface area contributed by atoms with Crippen molar-refractivity contribution in [2.75, 3.05) is 0 Å². The SMILES string of the molecule is CC(=O)N(NC(=O)c1ccccc1)C(=O)Cc1ccccc1. The largest absolute Gasteiger partial charge is 0.273 e. The van der Waals surface area contributed by atoms with Crippen molar-refractivity contribution < 1.29 is 14.4 Å². The second kappa shape index (κ2) is 7.17. The number of rotatable bonds is 3. The first-order valence-corrected chi connectivity index (χ1v) is 6.81. The molecule has 112 valence electrons. The highest BCUT2D eigenvalue weighted by Gasteiger charge is 2.21. The predicted molar refractivity (Wildman–Crippen MR) is 81.6 cm³/mol. The van der Waals surface area contributed by atoms with Gasteiger partial charge in [-0.3, -0.25) is 19.8 Å². The number of nitrogens with zero attached hydrogens (tertiary/aromatic N) is 1. The van der Waals surface area contributed by atoms with Gasteiger partial charge in [-0.25, -0.2) is 0 Å². The van der Waals surface area contributed by atoms with E-state index in [9.17, 15) is 14.4 Å². The Kier molecular flexibility index (Phi) is 5.03. The molecular weight excluding hydrogens is 280 g/mol. The summed E-state index contributed by atoms with van der Waals surface area (Å²) in [6.07, 6.45) is 0.0372. The Morgan fingerprint density at radius 3 is 2.00 bits per heavy atom. The van der Waals surface area contributed by atoms with Crippen LogP contribution >= 0.6 is 0 Å². The number of hydrogen-bond acceptors (Lipinski definition) is 3. The number of amides is 3. The zero-order chi connectivity index (χ0) is 15.9. The average molecular weight is 296 g/mol. The van der Waals surface area contributed by atoms with Crippen molar-refractivity contribution in [3.63, 3.8) is 0 Å². The summed E-state index contributed by atoms with van der Waals surface area (Å²) in [6, 6.07) is 17.4. The third-order valence-electron chi connectivity index (χ3n) is 3.01. The van der Waals surface area contributed by atoms with E-state index in [0.29, 0.717) is 5.56 Å². The Balaban J connectivity index is 2.08. The average Bonchev–Trinajstić information content (AvgIpc) is 2.53. The third-order valence-corrected chi connectivity index (χ3v) is 3.01. The van der Waals surface area contributed by atoms with Crippen molar-refractivity contribution in [2.24, 2.45) is 0 Å². The van der Waals surface area contributed by atoms with Gasteiger partial charge in [0.05, 0.1) is 6.42 Å². The zero-order valence-corrected chi connectivity index (χ0v) is 12.2. The van der Waals surface area contributed by atoms with Crippen molar-refractivity contribution in [1.82, 2.24) is 10.4 Å². The molecule has 3 amide bonds. The fourth-order valence-electron chi connectivity index (χ4n) is 1.92. The molecule has 0 aliphatic carbocycles. The summed E-state index contributed by atoms with van der Waals surface area (Å²) < 4.78 is 0. The van der Waals surface area contributed by atoms with Gasteiger partial charge in [0.25, 0.3) is 11.8 Å². The van der Waals surface area contributed by atoms with Gasteiger partial charge in [-0.15, -0.1) is 0 Å². The maximum absolute atomic E-state index is 12.2. The third kappa shape index (κ3) is 4.02. The molecule has 0 saturated heterocycles. The normalized spacial score (nSPS) is 9.86. The summed E-state index contributed by atoms with van der Waals surface area (Å²) in [5.74, 6) is -1.52. The van der Waals surface area contributed by atoms with Gasteiger partial charge in [0.1, 0.15) is 0 Å². The molecule has 0 spiro atoms. The maximum atomic E-state index is 12.2. The van der Waals surface area contributed by atoms with Crippen molar-refractivity contribution >= 4 is 17.7 Å². The molecule has 0 fully saturated rings. The molecule has 5 nitrogen and oxygen atoms in total. The summed E-state index contributed by atoms with van der Waals surface area (Å²) in [7, 11) is 0. The molecule has 5 heteroatoms. The zero-order valence-electron chi connectivity index (χ0n) is 12.2. The molecule has 0 aliphatic heterocycles. The predicted octanol–water partition coefficient (Wildman–Crippen LogP) is 1.95. The minimum Gasteiger partial charge on any atom is -0.273 e. The Hall–Kier alpha value is -2.95. The first-order valence-electron chi connectivity index (χ1n) is 6.81. The van der Waals surface area contributed by atoms with Crippen molar-refractivity contribution in [1.29, 1.82) is 0 Å². The molecule has 0 atom stereocenters. The highest BCUT2D eigenvalue weighted by molar-refractivity contribution is 6.01. The van der Waals surface area contributed by atoms with Crippen LogP contribution in [0.5, 0.6) is 0 Å². The number of carbonyl (C=O) groups excluding carboxylic acids is 3. The lowest BCUT2D eigenvalue weighted by atomic mass is 10.1. The van der Waals surface area contributed by atoms with Crippen LogP contribution in [0, 0.1) is 0 Å². The first kappa shape index (κ1) is 15.4. The number of benzene rings is 2. The Morgan fingerprint density at radius 1 is 0.909 bits per heavy atom. The van der Waals surface area contributed by atoms with Crippen molar-refractivity contribution in [2.45, 2.75) is 13.3 Å². The topological polar surface area (TPSA) is 66.5 Å².